The molecule has 19 heavy (non-hydrogen) atoms. The average Bonchev–Trinajstić information content (AvgIpc) is 2.66. The lowest BCUT2D eigenvalue weighted by Crippen LogP contribution is -2.47. The van der Waals surface area contributed by atoms with E-state index in [9.17, 15) is 0 Å². The smallest absolute Gasteiger partial charge is 0.0777 e. The van der Waals surface area contributed by atoms with E-state index in [0.29, 0.717) is 0 Å². The third-order valence-corrected chi connectivity index (χ3v) is 5.02. The zero-order chi connectivity index (χ0) is 14.0. The summed E-state index contributed by atoms with van der Waals surface area (Å²) in [5.41, 5.74) is 2.40. The molecule has 0 aromatic carbocycles. The summed E-state index contributed by atoms with van der Waals surface area (Å²) in [6.07, 6.45) is 3.30. The summed E-state index contributed by atoms with van der Waals surface area (Å²) in [6, 6.07) is 0. The van der Waals surface area contributed by atoms with Crippen LogP contribution in [-0.4, -0.2) is 40.5 Å². The van der Waals surface area contributed by atoms with E-state index in [1.54, 1.807) is 0 Å². The SMILES string of the molecule is CCc1nn(C)c(CN2CCCC(C)(OC)C2)c1Br. The summed E-state index contributed by atoms with van der Waals surface area (Å²) >= 11 is 3.69. The van der Waals surface area contributed by atoms with Gasteiger partial charge in [0, 0.05) is 27.2 Å². The highest BCUT2D eigenvalue weighted by atomic mass is 79.9. The van der Waals surface area contributed by atoms with Crippen LogP contribution < -0.4 is 0 Å². The Balaban J connectivity index is 2.11. The van der Waals surface area contributed by atoms with Gasteiger partial charge in [-0.25, -0.2) is 0 Å². The number of halogens is 1. The Morgan fingerprint density at radius 1 is 1.47 bits per heavy atom. The van der Waals surface area contributed by atoms with Crippen molar-refractivity contribution in [1.29, 1.82) is 0 Å². The molecule has 0 amide bonds. The van der Waals surface area contributed by atoms with Gasteiger partial charge < -0.3 is 4.74 Å². The minimum atomic E-state index is -0.00307. The first-order chi connectivity index (χ1) is 8.99. The van der Waals surface area contributed by atoms with Crippen LogP contribution in [-0.2, 0) is 24.8 Å². The number of aryl methyl sites for hydroxylation is 2. The van der Waals surface area contributed by atoms with Gasteiger partial charge in [0.25, 0.3) is 0 Å². The molecule has 0 spiro atoms. The van der Waals surface area contributed by atoms with Crippen molar-refractivity contribution in [3.63, 3.8) is 0 Å². The highest BCUT2D eigenvalue weighted by molar-refractivity contribution is 9.10. The second-order valence-corrected chi connectivity index (χ2v) is 6.45. The molecule has 1 unspecified atom stereocenters. The molecule has 0 radical (unpaired) electrons. The second kappa shape index (κ2) is 5.94. The van der Waals surface area contributed by atoms with Gasteiger partial charge in [-0.1, -0.05) is 6.92 Å². The normalized spacial score (nSPS) is 24.9. The molecule has 0 bridgehead atoms. The van der Waals surface area contributed by atoms with Crippen LogP contribution in [0.1, 0.15) is 38.1 Å². The quantitative estimate of drug-likeness (QED) is 0.850. The molecule has 5 heteroatoms. The lowest BCUT2D eigenvalue weighted by molar-refractivity contribution is -0.0531. The van der Waals surface area contributed by atoms with Gasteiger partial charge in [-0.05, 0) is 48.7 Å². The summed E-state index contributed by atoms with van der Waals surface area (Å²) < 4.78 is 8.83. The predicted octanol–water partition coefficient (Wildman–Crippen LogP) is 2.75. The van der Waals surface area contributed by atoms with E-state index in [2.05, 4.69) is 39.8 Å². The molecule has 1 fully saturated rings. The number of hydrogen-bond donors (Lipinski definition) is 0. The molecule has 2 rings (SSSR count). The lowest BCUT2D eigenvalue weighted by atomic mass is 9.94. The van der Waals surface area contributed by atoms with Crippen LogP contribution in [0.15, 0.2) is 4.47 Å². The molecule has 0 saturated carbocycles. The zero-order valence-corrected chi connectivity index (χ0v) is 14.0. The summed E-state index contributed by atoms with van der Waals surface area (Å²) in [5, 5.41) is 4.56. The van der Waals surface area contributed by atoms with Crippen molar-refractivity contribution in [3.8, 4) is 0 Å². The monoisotopic (exact) mass is 329 g/mol. The van der Waals surface area contributed by atoms with Gasteiger partial charge >= 0.3 is 0 Å². The fraction of sp³-hybridized carbons (Fsp3) is 0.786. The van der Waals surface area contributed by atoms with E-state index < -0.39 is 0 Å². The maximum absolute atomic E-state index is 5.66. The van der Waals surface area contributed by atoms with E-state index in [1.165, 1.54) is 16.6 Å². The van der Waals surface area contributed by atoms with Crippen LogP contribution in [0.3, 0.4) is 0 Å². The number of rotatable bonds is 4. The molecule has 1 atom stereocenters. The largest absolute Gasteiger partial charge is 0.377 e. The van der Waals surface area contributed by atoms with Gasteiger partial charge in [0.15, 0.2) is 0 Å². The number of aromatic nitrogens is 2. The molecule has 1 aromatic rings. The van der Waals surface area contributed by atoms with E-state index >= 15 is 0 Å². The first-order valence-electron chi connectivity index (χ1n) is 6.97. The van der Waals surface area contributed by atoms with Crippen LogP contribution >= 0.6 is 15.9 Å². The van der Waals surface area contributed by atoms with Gasteiger partial charge in [0.2, 0.25) is 0 Å². The topological polar surface area (TPSA) is 30.3 Å². The minimum absolute atomic E-state index is 0.00307. The summed E-state index contributed by atoms with van der Waals surface area (Å²) in [7, 11) is 3.84. The molecule has 0 aliphatic carbocycles. The van der Waals surface area contributed by atoms with Crippen LogP contribution in [0.2, 0.25) is 0 Å². The van der Waals surface area contributed by atoms with Crippen molar-refractivity contribution in [1.82, 2.24) is 14.7 Å². The molecule has 4 nitrogen and oxygen atoms in total. The first-order valence-corrected chi connectivity index (χ1v) is 7.76. The molecular formula is C14H24BrN3O. The number of hydrogen-bond acceptors (Lipinski definition) is 3. The van der Waals surface area contributed by atoms with Crippen molar-refractivity contribution < 1.29 is 4.74 Å². The first kappa shape index (κ1) is 15.0. The zero-order valence-electron chi connectivity index (χ0n) is 12.4. The fourth-order valence-electron chi connectivity index (χ4n) is 2.81. The number of methoxy groups -OCH3 is 1. The maximum Gasteiger partial charge on any atom is 0.0777 e. The van der Waals surface area contributed by atoms with Gasteiger partial charge in [-0.15, -0.1) is 0 Å². The number of likely N-dealkylation sites (tertiary alicyclic amines) is 1. The predicted molar refractivity (Wildman–Crippen MR) is 80.2 cm³/mol. The molecule has 2 heterocycles. The van der Waals surface area contributed by atoms with E-state index in [4.69, 9.17) is 4.74 Å². The summed E-state index contributed by atoms with van der Waals surface area (Å²) in [5.74, 6) is 0. The Hall–Kier alpha value is -0.390. The summed E-state index contributed by atoms with van der Waals surface area (Å²) in [6.45, 7) is 7.40. The van der Waals surface area contributed by atoms with Crippen molar-refractivity contribution in [2.24, 2.45) is 7.05 Å². The Morgan fingerprint density at radius 3 is 2.79 bits per heavy atom. The Bertz CT molecular complexity index is 446. The summed E-state index contributed by atoms with van der Waals surface area (Å²) in [4.78, 5) is 2.47. The fourth-order valence-corrected chi connectivity index (χ4v) is 3.55. The molecule has 1 aromatic heterocycles. The molecular weight excluding hydrogens is 306 g/mol. The molecule has 108 valence electrons. The Morgan fingerprint density at radius 2 is 2.21 bits per heavy atom. The van der Waals surface area contributed by atoms with Crippen LogP contribution in [0, 0.1) is 0 Å². The van der Waals surface area contributed by atoms with Crippen molar-refractivity contribution in [2.75, 3.05) is 20.2 Å². The number of piperidine rings is 1. The van der Waals surface area contributed by atoms with Crippen molar-refractivity contribution in [2.45, 2.75) is 45.3 Å². The van der Waals surface area contributed by atoms with E-state index in [0.717, 1.165) is 38.2 Å². The lowest BCUT2D eigenvalue weighted by Gasteiger charge is -2.39. The van der Waals surface area contributed by atoms with Crippen molar-refractivity contribution in [3.05, 3.63) is 15.9 Å². The molecule has 1 aliphatic rings. The van der Waals surface area contributed by atoms with Gasteiger partial charge in [0.1, 0.15) is 0 Å². The number of ether oxygens (including phenoxy) is 1. The average molecular weight is 330 g/mol. The molecule has 1 aliphatic heterocycles. The second-order valence-electron chi connectivity index (χ2n) is 5.65. The van der Waals surface area contributed by atoms with Gasteiger partial charge in [-0.3, -0.25) is 9.58 Å². The standard InChI is InChI=1S/C14H24BrN3O/c1-5-11-13(15)12(17(3)16-11)9-18-8-6-7-14(2,10-18)19-4/h5-10H2,1-4H3. The minimum Gasteiger partial charge on any atom is -0.377 e. The number of nitrogens with zero attached hydrogens (tertiary/aromatic N) is 3. The van der Waals surface area contributed by atoms with Crippen LogP contribution in [0.5, 0.6) is 0 Å². The highest BCUT2D eigenvalue weighted by Gasteiger charge is 2.31. The molecule has 0 N–H and O–H groups in total. The Kier molecular flexibility index (Phi) is 4.69. The van der Waals surface area contributed by atoms with Gasteiger partial charge in [-0.2, -0.15) is 5.10 Å². The van der Waals surface area contributed by atoms with Gasteiger partial charge in [0.05, 0.1) is 21.5 Å². The third-order valence-electron chi connectivity index (χ3n) is 4.11. The van der Waals surface area contributed by atoms with Crippen molar-refractivity contribution >= 4 is 15.9 Å². The third kappa shape index (κ3) is 3.20. The highest BCUT2D eigenvalue weighted by Crippen LogP contribution is 2.28. The molecule has 1 saturated heterocycles. The van der Waals surface area contributed by atoms with Crippen LogP contribution in [0.25, 0.3) is 0 Å². The van der Waals surface area contributed by atoms with E-state index in [-0.39, 0.29) is 5.60 Å². The maximum atomic E-state index is 5.66. The Labute approximate surface area is 124 Å². The van der Waals surface area contributed by atoms with Crippen LogP contribution in [0.4, 0.5) is 0 Å². The van der Waals surface area contributed by atoms with E-state index in [1.807, 2.05) is 18.8 Å².